The molecule has 8 heteroatoms. The first-order valence-corrected chi connectivity index (χ1v) is 10.6. The molecule has 1 amide bonds. The molecule has 3 N–H and O–H groups in total. The van der Waals surface area contributed by atoms with Crippen molar-refractivity contribution < 1.29 is 14.4 Å². The van der Waals surface area contributed by atoms with Crippen molar-refractivity contribution in [3.63, 3.8) is 0 Å². The van der Waals surface area contributed by atoms with Gasteiger partial charge in [0.05, 0.1) is 45.0 Å². The van der Waals surface area contributed by atoms with Crippen LogP contribution in [0.25, 0.3) is 11.3 Å². The summed E-state index contributed by atoms with van der Waals surface area (Å²) in [4.78, 5) is 16.6. The SMILES string of the molecule is Nc1cccc(-c2cn(C[C@H]3C[C@@H]4CC[NH+]3C[C@@H]4C(=O)N3CCOCC3)nn2)c1. The summed E-state index contributed by atoms with van der Waals surface area (Å²) in [6.45, 7) is 5.77. The molecular weight excluding hydrogens is 368 g/mol. The predicted molar refractivity (Wildman–Crippen MR) is 108 cm³/mol. The summed E-state index contributed by atoms with van der Waals surface area (Å²) in [7, 11) is 0. The Kier molecular flexibility index (Phi) is 4.97. The Hall–Kier alpha value is -2.45. The number of quaternary nitrogens is 1. The Morgan fingerprint density at radius 1 is 1.31 bits per heavy atom. The molecule has 0 aliphatic carbocycles. The molecule has 0 radical (unpaired) electrons. The molecule has 6 rings (SSSR count). The Morgan fingerprint density at radius 3 is 2.93 bits per heavy atom. The number of amides is 1. The lowest BCUT2D eigenvalue weighted by Gasteiger charge is -2.47. The molecule has 4 fully saturated rings. The van der Waals surface area contributed by atoms with Gasteiger partial charge in [-0.1, -0.05) is 17.3 Å². The Morgan fingerprint density at radius 2 is 2.17 bits per heavy atom. The van der Waals surface area contributed by atoms with Gasteiger partial charge in [-0.25, -0.2) is 4.68 Å². The van der Waals surface area contributed by atoms with Crippen molar-refractivity contribution in [2.24, 2.45) is 11.8 Å². The first-order valence-electron chi connectivity index (χ1n) is 10.6. The van der Waals surface area contributed by atoms with Crippen LogP contribution < -0.4 is 10.6 Å². The van der Waals surface area contributed by atoms with E-state index in [4.69, 9.17) is 10.5 Å². The van der Waals surface area contributed by atoms with Crippen LogP contribution in [0.3, 0.4) is 0 Å². The van der Waals surface area contributed by atoms with Crippen LogP contribution in [0.2, 0.25) is 0 Å². The van der Waals surface area contributed by atoms with Gasteiger partial charge in [0.25, 0.3) is 0 Å². The van der Waals surface area contributed by atoms with Crippen LogP contribution in [0.1, 0.15) is 12.8 Å². The molecule has 8 nitrogen and oxygen atoms in total. The van der Waals surface area contributed by atoms with E-state index in [9.17, 15) is 4.79 Å². The highest BCUT2D eigenvalue weighted by molar-refractivity contribution is 5.79. The summed E-state index contributed by atoms with van der Waals surface area (Å²) in [6.07, 6.45) is 4.25. The molecule has 1 aromatic carbocycles. The number of aromatic nitrogens is 3. The maximum absolute atomic E-state index is 13.0. The first-order chi connectivity index (χ1) is 14.2. The number of nitrogens with zero attached hydrogens (tertiary/aromatic N) is 4. The third-order valence-electron chi connectivity index (χ3n) is 6.82. The number of morpholine rings is 1. The molecule has 1 aromatic heterocycles. The van der Waals surface area contributed by atoms with Gasteiger partial charge >= 0.3 is 0 Å². The van der Waals surface area contributed by atoms with Crippen LogP contribution in [0.4, 0.5) is 5.69 Å². The number of nitrogen functional groups attached to an aromatic ring is 1. The standard InChI is InChI=1S/C21H28N6O2/c22-17-3-1-2-16(10-17)20-14-27(24-23-20)12-18-11-15-4-5-26(18)13-19(15)21(28)25-6-8-29-9-7-25/h1-3,10,14-15,18-19H,4-9,11-13,22H2/p+1/t15-,18+,19-/m0/s1. The molecular formula is C21H29N6O2+. The van der Waals surface area contributed by atoms with Crippen LogP contribution in [0.5, 0.6) is 0 Å². The molecule has 4 aliphatic heterocycles. The molecule has 2 bridgehead atoms. The highest BCUT2D eigenvalue weighted by atomic mass is 16.5. The smallest absolute Gasteiger partial charge is 0.231 e. The first kappa shape index (κ1) is 18.6. The zero-order valence-electron chi connectivity index (χ0n) is 16.7. The molecule has 4 saturated heterocycles. The van der Waals surface area contributed by atoms with Crippen LogP contribution in [-0.2, 0) is 16.1 Å². The molecule has 0 spiro atoms. The number of nitrogens with two attached hydrogens (primary N) is 1. The van der Waals surface area contributed by atoms with Crippen LogP contribution in [-0.4, -0.2) is 71.2 Å². The monoisotopic (exact) mass is 397 g/mol. The van der Waals surface area contributed by atoms with Gasteiger partial charge in [-0.05, 0) is 18.1 Å². The summed E-state index contributed by atoms with van der Waals surface area (Å²) in [6, 6.07) is 8.23. The fourth-order valence-electron chi connectivity index (χ4n) is 5.26. The molecule has 29 heavy (non-hydrogen) atoms. The number of anilines is 1. The summed E-state index contributed by atoms with van der Waals surface area (Å²) in [5, 5.41) is 8.69. The van der Waals surface area contributed by atoms with E-state index in [0.717, 1.165) is 62.5 Å². The number of rotatable bonds is 4. The van der Waals surface area contributed by atoms with Crippen molar-refractivity contribution in [1.29, 1.82) is 0 Å². The fourth-order valence-corrected chi connectivity index (χ4v) is 5.26. The van der Waals surface area contributed by atoms with Gasteiger partial charge < -0.3 is 20.3 Å². The van der Waals surface area contributed by atoms with E-state index < -0.39 is 0 Å². The second-order valence-corrected chi connectivity index (χ2v) is 8.59. The second-order valence-electron chi connectivity index (χ2n) is 8.59. The highest BCUT2D eigenvalue weighted by Gasteiger charge is 2.47. The van der Waals surface area contributed by atoms with Gasteiger partial charge in [0.1, 0.15) is 11.7 Å². The van der Waals surface area contributed by atoms with E-state index in [0.29, 0.717) is 31.1 Å². The Bertz CT molecular complexity index is 878. The second kappa shape index (κ2) is 7.76. The maximum atomic E-state index is 13.0. The van der Waals surface area contributed by atoms with Crippen molar-refractivity contribution in [3.05, 3.63) is 30.5 Å². The van der Waals surface area contributed by atoms with Gasteiger partial charge in [0.2, 0.25) is 5.91 Å². The molecule has 154 valence electrons. The summed E-state index contributed by atoms with van der Waals surface area (Å²) in [5.41, 5.74) is 8.46. The van der Waals surface area contributed by atoms with Crippen LogP contribution in [0.15, 0.2) is 30.5 Å². The number of ether oxygens (including phenoxy) is 1. The number of benzene rings is 1. The number of hydrogen-bond acceptors (Lipinski definition) is 5. The lowest BCUT2D eigenvalue weighted by atomic mass is 9.75. The lowest BCUT2D eigenvalue weighted by Crippen LogP contribution is -3.20. The summed E-state index contributed by atoms with van der Waals surface area (Å²) in [5.74, 6) is 1.01. The number of carbonyl (C=O) groups is 1. The third-order valence-corrected chi connectivity index (χ3v) is 6.82. The Labute approximate surface area is 170 Å². The zero-order chi connectivity index (χ0) is 19.8. The zero-order valence-corrected chi connectivity index (χ0v) is 16.7. The summed E-state index contributed by atoms with van der Waals surface area (Å²) < 4.78 is 7.36. The van der Waals surface area contributed by atoms with Crippen molar-refractivity contribution >= 4 is 11.6 Å². The van der Waals surface area contributed by atoms with E-state index >= 15 is 0 Å². The van der Waals surface area contributed by atoms with Gasteiger partial charge in [-0.3, -0.25) is 4.79 Å². The van der Waals surface area contributed by atoms with Gasteiger partial charge in [0.15, 0.2) is 0 Å². The number of piperidine rings is 3. The van der Waals surface area contributed by atoms with E-state index in [1.807, 2.05) is 40.0 Å². The number of fused-ring (bicyclic) bond motifs is 3. The summed E-state index contributed by atoms with van der Waals surface area (Å²) >= 11 is 0. The molecule has 5 heterocycles. The van der Waals surface area contributed by atoms with E-state index in [1.165, 1.54) is 0 Å². The maximum Gasteiger partial charge on any atom is 0.231 e. The number of carbonyl (C=O) groups excluding carboxylic acids is 1. The van der Waals surface area contributed by atoms with Crippen molar-refractivity contribution in [2.75, 3.05) is 45.1 Å². The van der Waals surface area contributed by atoms with Crippen molar-refractivity contribution in [2.45, 2.75) is 25.4 Å². The molecule has 0 saturated carbocycles. The third kappa shape index (κ3) is 3.74. The average molecular weight is 398 g/mol. The van der Waals surface area contributed by atoms with Gasteiger partial charge in [0, 0.05) is 37.2 Å². The normalized spacial score (nSPS) is 29.2. The topological polar surface area (TPSA) is 90.7 Å². The van der Waals surface area contributed by atoms with Crippen molar-refractivity contribution in [1.82, 2.24) is 19.9 Å². The lowest BCUT2D eigenvalue weighted by molar-refractivity contribution is -0.945. The quantitative estimate of drug-likeness (QED) is 0.690. The van der Waals surface area contributed by atoms with E-state index in [-0.39, 0.29) is 5.92 Å². The molecule has 4 atom stereocenters. The molecule has 1 unspecified atom stereocenters. The average Bonchev–Trinajstić information content (AvgIpc) is 3.23. The molecule has 2 aromatic rings. The Balaban J connectivity index is 1.24. The minimum absolute atomic E-state index is 0.173. The fraction of sp³-hybridized carbons (Fsp3) is 0.571. The highest BCUT2D eigenvalue weighted by Crippen LogP contribution is 2.29. The van der Waals surface area contributed by atoms with Crippen LogP contribution in [0, 0.1) is 11.8 Å². The van der Waals surface area contributed by atoms with Crippen molar-refractivity contribution in [3.8, 4) is 11.3 Å². The number of nitrogens with one attached hydrogen (secondary N) is 1. The van der Waals surface area contributed by atoms with E-state index in [2.05, 4.69) is 10.3 Å². The van der Waals surface area contributed by atoms with E-state index in [1.54, 1.807) is 4.90 Å². The molecule has 4 aliphatic rings. The largest absolute Gasteiger partial charge is 0.399 e. The predicted octanol–water partition coefficient (Wildman–Crippen LogP) is -0.321. The van der Waals surface area contributed by atoms with Crippen LogP contribution >= 0.6 is 0 Å². The van der Waals surface area contributed by atoms with Gasteiger partial charge in [-0.2, -0.15) is 0 Å². The van der Waals surface area contributed by atoms with Gasteiger partial charge in [-0.15, -0.1) is 5.10 Å². The number of hydrogen-bond donors (Lipinski definition) is 2. The minimum Gasteiger partial charge on any atom is -0.399 e. The minimum atomic E-state index is 0.173.